The van der Waals surface area contributed by atoms with Crippen LogP contribution < -0.4 is 4.90 Å². The van der Waals surface area contributed by atoms with Gasteiger partial charge in [-0.3, -0.25) is 0 Å². The fraction of sp³-hybridized carbons (Fsp3) is 0.211. The number of pyridine rings is 1. The van der Waals surface area contributed by atoms with Gasteiger partial charge in [0, 0.05) is 37.3 Å². The van der Waals surface area contributed by atoms with E-state index in [9.17, 15) is 4.39 Å². The number of hydrogen-bond acceptors (Lipinski definition) is 3. The molecule has 0 fully saturated rings. The second-order valence-corrected chi connectivity index (χ2v) is 5.49. The van der Waals surface area contributed by atoms with Crippen molar-refractivity contribution in [2.45, 2.75) is 0 Å². The first-order valence-corrected chi connectivity index (χ1v) is 7.62. The van der Waals surface area contributed by atoms with Crippen LogP contribution in [0.3, 0.4) is 0 Å². The smallest absolute Gasteiger partial charge is 0.142 e. The molecule has 0 amide bonds. The standard InChI is InChI=1S/C19H18FN3O/c1-23(9-10-24-2)18-7-4-14(5-8-18)3-6-17-12-15-11-16(20)13-21-19(15)22-17/h4-5,7-8,11-13H,9-10H2,1-2H3,(H,21,22). The summed E-state index contributed by atoms with van der Waals surface area (Å²) in [5, 5.41) is 0.717. The van der Waals surface area contributed by atoms with Crippen LogP contribution >= 0.6 is 0 Å². The molecule has 0 atom stereocenters. The number of methoxy groups -OCH3 is 1. The summed E-state index contributed by atoms with van der Waals surface area (Å²) < 4.78 is 18.2. The Morgan fingerprint density at radius 3 is 2.75 bits per heavy atom. The van der Waals surface area contributed by atoms with E-state index in [1.54, 1.807) is 13.2 Å². The van der Waals surface area contributed by atoms with Crippen LogP contribution in [0, 0.1) is 17.7 Å². The molecule has 2 aromatic heterocycles. The van der Waals surface area contributed by atoms with Gasteiger partial charge in [-0.05, 0) is 42.3 Å². The Hall–Kier alpha value is -2.84. The zero-order chi connectivity index (χ0) is 16.9. The first kappa shape index (κ1) is 16.0. The van der Waals surface area contributed by atoms with E-state index < -0.39 is 0 Å². The maximum atomic E-state index is 13.2. The molecule has 0 aliphatic rings. The predicted octanol–water partition coefficient (Wildman–Crippen LogP) is 3.18. The maximum absolute atomic E-state index is 13.2. The van der Waals surface area contributed by atoms with Crippen LogP contribution in [0.2, 0.25) is 0 Å². The van der Waals surface area contributed by atoms with Gasteiger partial charge in [-0.25, -0.2) is 9.37 Å². The number of H-pyrrole nitrogens is 1. The minimum Gasteiger partial charge on any atom is -0.383 e. The quantitative estimate of drug-likeness (QED) is 0.750. The van der Waals surface area contributed by atoms with Crippen molar-refractivity contribution in [3.05, 3.63) is 59.7 Å². The summed E-state index contributed by atoms with van der Waals surface area (Å²) in [6.07, 6.45) is 1.19. The number of anilines is 1. The molecule has 3 rings (SSSR count). The van der Waals surface area contributed by atoms with E-state index in [4.69, 9.17) is 4.74 Å². The summed E-state index contributed by atoms with van der Waals surface area (Å²) in [7, 11) is 3.72. The lowest BCUT2D eigenvalue weighted by Gasteiger charge is -2.18. The number of aromatic nitrogens is 2. The topological polar surface area (TPSA) is 41.1 Å². The van der Waals surface area contributed by atoms with Gasteiger partial charge in [0.25, 0.3) is 0 Å². The molecule has 1 aromatic carbocycles. The Bertz CT molecular complexity index is 890. The van der Waals surface area contributed by atoms with E-state index in [0.717, 1.165) is 23.2 Å². The maximum Gasteiger partial charge on any atom is 0.142 e. The average Bonchev–Trinajstić information content (AvgIpc) is 3.00. The largest absolute Gasteiger partial charge is 0.383 e. The summed E-state index contributed by atoms with van der Waals surface area (Å²) in [5.74, 6) is 5.80. The van der Waals surface area contributed by atoms with E-state index in [1.807, 2.05) is 31.3 Å². The van der Waals surface area contributed by atoms with Crippen molar-refractivity contribution < 1.29 is 9.13 Å². The summed E-state index contributed by atoms with van der Waals surface area (Å²) in [6.45, 7) is 1.52. The van der Waals surface area contributed by atoms with E-state index in [2.05, 4.69) is 26.7 Å². The molecule has 4 nitrogen and oxygen atoms in total. The van der Waals surface area contributed by atoms with Crippen LogP contribution in [-0.4, -0.2) is 37.3 Å². The van der Waals surface area contributed by atoms with E-state index in [-0.39, 0.29) is 5.82 Å². The van der Waals surface area contributed by atoms with Gasteiger partial charge in [-0.2, -0.15) is 0 Å². The van der Waals surface area contributed by atoms with Gasteiger partial charge in [-0.15, -0.1) is 0 Å². The van der Waals surface area contributed by atoms with Crippen LogP contribution in [0.5, 0.6) is 0 Å². The van der Waals surface area contributed by atoms with Gasteiger partial charge in [-0.1, -0.05) is 5.92 Å². The zero-order valence-electron chi connectivity index (χ0n) is 13.6. The third kappa shape index (κ3) is 3.73. The highest BCUT2D eigenvalue weighted by molar-refractivity contribution is 5.77. The minimum absolute atomic E-state index is 0.353. The highest BCUT2D eigenvalue weighted by atomic mass is 19.1. The molecule has 3 aromatic rings. The molecule has 0 aliphatic carbocycles. The van der Waals surface area contributed by atoms with Crippen molar-refractivity contribution in [2.75, 3.05) is 32.2 Å². The number of aromatic amines is 1. The first-order chi connectivity index (χ1) is 11.7. The Labute approximate surface area is 140 Å². The van der Waals surface area contributed by atoms with Crippen molar-refractivity contribution in [2.24, 2.45) is 0 Å². The number of rotatable bonds is 4. The van der Waals surface area contributed by atoms with Crippen LogP contribution in [-0.2, 0) is 4.74 Å². The third-order valence-electron chi connectivity index (χ3n) is 3.72. The van der Waals surface area contributed by atoms with Crippen molar-refractivity contribution in [3.8, 4) is 11.8 Å². The lowest BCUT2D eigenvalue weighted by atomic mass is 10.2. The Kier molecular flexibility index (Phi) is 4.78. The number of benzene rings is 1. The highest BCUT2D eigenvalue weighted by Gasteiger charge is 2.02. The molecule has 0 aliphatic heterocycles. The van der Waals surface area contributed by atoms with Gasteiger partial charge in [0.15, 0.2) is 0 Å². The average molecular weight is 323 g/mol. The molecule has 0 spiro atoms. The molecule has 122 valence electrons. The Morgan fingerprint density at radius 1 is 1.21 bits per heavy atom. The SMILES string of the molecule is COCCN(C)c1ccc(C#Cc2cc3cc(F)cnc3[nH]2)cc1. The molecule has 0 saturated carbocycles. The van der Waals surface area contributed by atoms with Crippen LogP contribution in [0.15, 0.2) is 42.6 Å². The number of fused-ring (bicyclic) bond motifs is 1. The second kappa shape index (κ2) is 7.16. The normalized spacial score (nSPS) is 10.5. The fourth-order valence-electron chi connectivity index (χ4n) is 2.35. The summed E-state index contributed by atoms with van der Waals surface area (Å²) in [6, 6.07) is 11.3. The van der Waals surface area contributed by atoms with Gasteiger partial charge in [0.1, 0.15) is 11.5 Å². The van der Waals surface area contributed by atoms with Crippen LogP contribution in [0.25, 0.3) is 11.0 Å². The Balaban J connectivity index is 1.75. The van der Waals surface area contributed by atoms with E-state index in [1.165, 1.54) is 12.3 Å². The number of likely N-dealkylation sites (N-methyl/N-ethyl adjacent to an activating group) is 1. The number of halogens is 1. The number of nitrogens with zero attached hydrogens (tertiary/aromatic N) is 2. The highest BCUT2D eigenvalue weighted by Crippen LogP contribution is 2.15. The lowest BCUT2D eigenvalue weighted by molar-refractivity contribution is 0.206. The number of nitrogens with one attached hydrogen (secondary N) is 1. The van der Waals surface area contributed by atoms with Crippen LogP contribution in [0.4, 0.5) is 10.1 Å². The number of hydrogen-bond donors (Lipinski definition) is 1. The van der Waals surface area contributed by atoms with Gasteiger partial charge in [0.05, 0.1) is 18.5 Å². The number of ether oxygens (including phenoxy) is 1. The molecule has 24 heavy (non-hydrogen) atoms. The van der Waals surface area contributed by atoms with Crippen molar-refractivity contribution >= 4 is 16.7 Å². The van der Waals surface area contributed by atoms with Gasteiger partial charge in [0.2, 0.25) is 0 Å². The molecule has 2 heterocycles. The lowest BCUT2D eigenvalue weighted by Crippen LogP contribution is -2.21. The summed E-state index contributed by atoms with van der Waals surface area (Å²) in [4.78, 5) is 9.19. The summed E-state index contributed by atoms with van der Waals surface area (Å²) in [5.41, 5.74) is 3.37. The molecular weight excluding hydrogens is 305 g/mol. The van der Waals surface area contributed by atoms with E-state index >= 15 is 0 Å². The first-order valence-electron chi connectivity index (χ1n) is 7.62. The van der Waals surface area contributed by atoms with Crippen molar-refractivity contribution in [3.63, 3.8) is 0 Å². The van der Waals surface area contributed by atoms with Crippen LogP contribution in [0.1, 0.15) is 11.3 Å². The molecule has 5 heteroatoms. The molecule has 1 N–H and O–H groups in total. The molecule has 0 saturated heterocycles. The van der Waals surface area contributed by atoms with E-state index in [0.29, 0.717) is 17.9 Å². The monoisotopic (exact) mass is 323 g/mol. The molecular formula is C19H18FN3O. The molecule has 0 unspecified atom stereocenters. The predicted molar refractivity (Wildman–Crippen MR) is 93.6 cm³/mol. The fourth-order valence-corrected chi connectivity index (χ4v) is 2.35. The third-order valence-corrected chi connectivity index (χ3v) is 3.72. The van der Waals surface area contributed by atoms with Crippen molar-refractivity contribution in [1.82, 2.24) is 9.97 Å². The van der Waals surface area contributed by atoms with Gasteiger partial charge >= 0.3 is 0 Å². The summed E-state index contributed by atoms with van der Waals surface area (Å²) >= 11 is 0. The Morgan fingerprint density at radius 2 is 2.00 bits per heavy atom. The minimum atomic E-state index is -0.353. The zero-order valence-corrected chi connectivity index (χ0v) is 13.6. The second-order valence-electron chi connectivity index (χ2n) is 5.49. The molecule has 0 bridgehead atoms. The van der Waals surface area contributed by atoms with Gasteiger partial charge < -0.3 is 14.6 Å². The molecule has 0 radical (unpaired) electrons. The van der Waals surface area contributed by atoms with Crippen molar-refractivity contribution in [1.29, 1.82) is 0 Å².